The van der Waals surface area contributed by atoms with Crippen LogP contribution in [0.4, 0.5) is 5.82 Å². The number of aromatic nitrogens is 1. The number of rotatable bonds is 3. The Morgan fingerprint density at radius 1 is 1.24 bits per heavy atom. The average Bonchev–Trinajstić information content (AvgIpc) is 2.53. The number of nitrogens with two attached hydrogens (primary N) is 1. The Labute approximate surface area is 126 Å². The fraction of sp³-hybridized carbons (Fsp3) is 0.471. The van der Waals surface area contributed by atoms with Crippen LogP contribution in [0.2, 0.25) is 0 Å². The number of benzene rings is 1. The highest BCUT2D eigenvalue weighted by Crippen LogP contribution is 2.28. The van der Waals surface area contributed by atoms with Crippen molar-refractivity contribution >= 4 is 16.6 Å². The zero-order valence-corrected chi connectivity index (χ0v) is 12.9. The van der Waals surface area contributed by atoms with Gasteiger partial charge in [0.15, 0.2) is 0 Å². The Morgan fingerprint density at radius 2 is 2.00 bits per heavy atom. The molecule has 2 N–H and O–H groups in total. The zero-order valence-electron chi connectivity index (χ0n) is 12.9. The Kier molecular flexibility index (Phi) is 4.08. The van der Waals surface area contributed by atoms with Gasteiger partial charge in [0, 0.05) is 43.8 Å². The molecule has 0 saturated carbocycles. The largest absolute Gasteiger partial charge is 0.353 e. The van der Waals surface area contributed by atoms with Gasteiger partial charge in [-0.15, -0.1) is 0 Å². The van der Waals surface area contributed by atoms with Gasteiger partial charge in [-0.25, -0.2) is 4.98 Å². The van der Waals surface area contributed by atoms with E-state index in [1.807, 2.05) is 6.20 Å². The first kappa shape index (κ1) is 14.3. The molecule has 1 aromatic carbocycles. The summed E-state index contributed by atoms with van der Waals surface area (Å²) in [6.45, 7) is 9.36. The number of hydrogen-bond donors (Lipinski definition) is 1. The van der Waals surface area contributed by atoms with Crippen molar-refractivity contribution in [2.45, 2.75) is 26.4 Å². The van der Waals surface area contributed by atoms with Crippen molar-refractivity contribution in [3.8, 4) is 0 Å². The van der Waals surface area contributed by atoms with Gasteiger partial charge in [0.2, 0.25) is 0 Å². The molecular formula is C17H24N4. The van der Waals surface area contributed by atoms with Crippen molar-refractivity contribution in [3.05, 3.63) is 36.0 Å². The lowest BCUT2D eigenvalue weighted by Gasteiger charge is -2.40. The maximum absolute atomic E-state index is 5.84. The number of likely N-dealkylation sites (N-methyl/N-ethyl adjacent to an activating group) is 1. The minimum Gasteiger partial charge on any atom is -0.353 e. The van der Waals surface area contributed by atoms with Crippen LogP contribution in [0.25, 0.3) is 10.8 Å². The molecule has 1 atom stereocenters. The predicted octanol–water partition coefficient (Wildman–Crippen LogP) is 2.22. The van der Waals surface area contributed by atoms with Gasteiger partial charge in [-0.2, -0.15) is 0 Å². The van der Waals surface area contributed by atoms with E-state index in [2.05, 4.69) is 47.9 Å². The molecule has 0 amide bonds. The van der Waals surface area contributed by atoms with Gasteiger partial charge in [0.25, 0.3) is 0 Å². The first-order chi connectivity index (χ1) is 10.2. The smallest absolute Gasteiger partial charge is 0.136 e. The lowest BCUT2D eigenvalue weighted by Crippen LogP contribution is -2.52. The molecule has 1 aliphatic heterocycles. The maximum atomic E-state index is 5.84. The standard InChI is InChI=1S/C17H24N4/c1-3-20-8-9-21(12-13(20)2)17-16-7-5-4-6-15(16)14(10-18)11-19-17/h4-7,11,13H,3,8-10,12,18H2,1-2H3. The second-order valence-electron chi connectivity index (χ2n) is 5.78. The van der Waals surface area contributed by atoms with E-state index in [0.29, 0.717) is 12.6 Å². The Hall–Kier alpha value is -1.65. The molecule has 1 aliphatic rings. The summed E-state index contributed by atoms with van der Waals surface area (Å²) < 4.78 is 0. The molecule has 0 aliphatic carbocycles. The highest BCUT2D eigenvalue weighted by molar-refractivity contribution is 5.94. The second-order valence-corrected chi connectivity index (χ2v) is 5.78. The van der Waals surface area contributed by atoms with Crippen LogP contribution in [-0.2, 0) is 6.54 Å². The van der Waals surface area contributed by atoms with E-state index < -0.39 is 0 Å². The van der Waals surface area contributed by atoms with Gasteiger partial charge < -0.3 is 10.6 Å². The Morgan fingerprint density at radius 3 is 2.67 bits per heavy atom. The molecule has 2 heterocycles. The molecule has 1 fully saturated rings. The fourth-order valence-electron chi connectivity index (χ4n) is 3.31. The average molecular weight is 284 g/mol. The predicted molar refractivity (Wildman–Crippen MR) is 88.6 cm³/mol. The minimum absolute atomic E-state index is 0.536. The summed E-state index contributed by atoms with van der Waals surface area (Å²) in [7, 11) is 0. The summed E-state index contributed by atoms with van der Waals surface area (Å²) in [6, 6.07) is 9.03. The topological polar surface area (TPSA) is 45.4 Å². The van der Waals surface area contributed by atoms with Crippen LogP contribution in [-0.4, -0.2) is 42.1 Å². The van der Waals surface area contributed by atoms with Crippen molar-refractivity contribution in [2.75, 3.05) is 31.1 Å². The van der Waals surface area contributed by atoms with Crippen LogP contribution in [0.3, 0.4) is 0 Å². The van der Waals surface area contributed by atoms with Crippen LogP contribution in [0, 0.1) is 0 Å². The van der Waals surface area contributed by atoms with Gasteiger partial charge in [-0.05, 0) is 24.4 Å². The monoisotopic (exact) mass is 284 g/mol. The normalized spacial score (nSPS) is 20.1. The lowest BCUT2D eigenvalue weighted by atomic mass is 10.1. The summed E-state index contributed by atoms with van der Waals surface area (Å²) in [6.07, 6.45) is 1.94. The zero-order chi connectivity index (χ0) is 14.8. The van der Waals surface area contributed by atoms with E-state index in [1.165, 1.54) is 10.8 Å². The maximum Gasteiger partial charge on any atom is 0.136 e. The van der Waals surface area contributed by atoms with Crippen LogP contribution in [0.15, 0.2) is 30.5 Å². The molecule has 1 saturated heterocycles. The molecule has 0 radical (unpaired) electrons. The molecule has 112 valence electrons. The SMILES string of the molecule is CCN1CCN(c2ncc(CN)c3ccccc23)CC1C. The molecule has 3 rings (SSSR count). The van der Waals surface area contributed by atoms with Gasteiger partial charge in [-0.3, -0.25) is 4.90 Å². The van der Waals surface area contributed by atoms with Gasteiger partial charge in [0.05, 0.1) is 0 Å². The van der Waals surface area contributed by atoms with Crippen LogP contribution < -0.4 is 10.6 Å². The van der Waals surface area contributed by atoms with Gasteiger partial charge >= 0.3 is 0 Å². The molecule has 0 bridgehead atoms. The van der Waals surface area contributed by atoms with E-state index in [9.17, 15) is 0 Å². The van der Waals surface area contributed by atoms with Crippen molar-refractivity contribution < 1.29 is 0 Å². The number of hydrogen-bond acceptors (Lipinski definition) is 4. The summed E-state index contributed by atoms with van der Waals surface area (Å²) >= 11 is 0. The number of pyridine rings is 1. The first-order valence-electron chi connectivity index (χ1n) is 7.80. The number of anilines is 1. The van der Waals surface area contributed by atoms with Crippen molar-refractivity contribution in [3.63, 3.8) is 0 Å². The molecular weight excluding hydrogens is 260 g/mol. The molecule has 4 heteroatoms. The van der Waals surface area contributed by atoms with E-state index in [1.54, 1.807) is 0 Å². The van der Waals surface area contributed by atoms with Crippen LogP contribution in [0.5, 0.6) is 0 Å². The quantitative estimate of drug-likeness (QED) is 0.939. The highest BCUT2D eigenvalue weighted by atomic mass is 15.3. The molecule has 0 spiro atoms. The summed E-state index contributed by atoms with van der Waals surface area (Å²) in [4.78, 5) is 9.65. The van der Waals surface area contributed by atoms with Crippen LogP contribution in [0.1, 0.15) is 19.4 Å². The fourth-order valence-corrected chi connectivity index (χ4v) is 3.31. The first-order valence-corrected chi connectivity index (χ1v) is 7.80. The number of piperazine rings is 1. The molecule has 21 heavy (non-hydrogen) atoms. The lowest BCUT2D eigenvalue weighted by molar-refractivity contribution is 0.199. The van der Waals surface area contributed by atoms with Gasteiger partial charge in [-0.1, -0.05) is 31.2 Å². The number of fused-ring (bicyclic) bond motifs is 1. The highest BCUT2D eigenvalue weighted by Gasteiger charge is 2.24. The Bertz CT molecular complexity index is 625. The molecule has 2 aromatic rings. The van der Waals surface area contributed by atoms with E-state index in [-0.39, 0.29) is 0 Å². The summed E-state index contributed by atoms with van der Waals surface area (Å²) in [5.41, 5.74) is 6.96. The van der Waals surface area contributed by atoms with Crippen molar-refractivity contribution in [1.82, 2.24) is 9.88 Å². The van der Waals surface area contributed by atoms with E-state index in [4.69, 9.17) is 10.7 Å². The van der Waals surface area contributed by atoms with Crippen LogP contribution >= 0.6 is 0 Å². The minimum atomic E-state index is 0.536. The molecule has 1 aromatic heterocycles. The third-order valence-corrected chi connectivity index (χ3v) is 4.55. The number of nitrogens with zero attached hydrogens (tertiary/aromatic N) is 3. The Balaban J connectivity index is 1.98. The summed E-state index contributed by atoms with van der Waals surface area (Å²) in [5, 5.41) is 2.45. The van der Waals surface area contributed by atoms with Crippen molar-refractivity contribution in [1.29, 1.82) is 0 Å². The molecule has 1 unspecified atom stereocenters. The molecule has 4 nitrogen and oxygen atoms in total. The second kappa shape index (κ2) is 6.00. The van der Waals surface area contributed by atoms with Crippen molar-refractivity contribution in [2.24, 2.45) is 5.73 Å². The third kappa shape index (κ3) is 2.61. The van der Waals surface area contributed by atoms with E-state index >= 15 is 0 Å². The summed E-state index contributed by atoms with van der Waals surface area (Å²) in [5.74, 6) is 1.10. The van der Waals surface area contributed by atoms with E-state index in [0.717, 1.165) is 37.6 Å². The van der Waals surface area contributed by atoms with Gasteiger partial charge in [0.1, 0.15) is 5.82 Å². The third-order valence-electron chi connectivity index (χ3n) is 4.55.